The minimum absolute atomic E-state index is 0.0269. The molecule has 30 heavy (non-hydrogen) atoms. The fourth-order valence-corrected chi connectivity index (χ4v) is 3.26. The molecule has 1 aromatic heterocycles. The summed E-state index contributed by atoms with van der Waals surface area (Å²) in [5, 5.41) is 10.3. The molecule has 1 heterocycles. The van der Waals surface area contributed by atoms with E-state index in [9.17, 15) is 19.5 Å². The number of rotatable bonds is 5. The van der Waals surface area contributed by atoms with Gasteiger partial charge in [0.05, 0.1) is 11.0 Å². The van der Waals surface area contributed by atoms with Crippen molar-refractivity contribution in [1.29, 1.82) is 0 Å². The van der Waals surface area contributed by atoms with E-state index >= 15 is 0 Å². The van der Waals surface area contributed by atoms with E-state index in [2.05, 4.69) is 15.9 Å². The van der Waals surface area contributed by atoms with Gasteiger partial charge in [-0.3, -0.25) is 4.79 Å². The zero-order valence-corrected chi connectivity index (χ0v) is 17.6. The van der Waals surface area contributed by atoms with E-state index in [1.165, 1.54) is 19.1 Å². The van der Waals surface area contributed by atoms with E-state index < -0.39 is 17.6 Å². The number of hydrogen-bond acceptors (Lipinski definition) is 7. The van der Waals surface area contributed by atoms with Gasteiger partial charge < -0.3 is 20.0 Å². The number of aromatic hydroxyl groups is 1. The molecule has 0 atom stereocenters. The van der Waals surface area contributed by atoms with Gasteiger partial charge in [-0.15, -0.1) is 0 Å². The van der Waals surface area contributed by atoms with E-state index in [1.807, 2.05) is 12.1 Å². The van der Waals surface area contributed by atoms with Crippen molar-refractivity contribution in [1.82, 2.24) is 4.90 Å². The predicted molar refractivity (Wildman–Crippen MR) is 113 cm³/mol. The van der Waals surface area contributed by atoms with Crippen LogP contribution < -0.4 is 11.4 Å². The van der Waals surface area contributed by atoms with E-state index in [1.54, 1.807) is 18.2 Å². The second kappa shape index (κ2) is 9.10. The van der Waals surface area contributed by atoms with Crippen LogP contribution in [0.15, 0.2) is 56.1 Å². The third-order valence-corrected chi connectivity index (χ3v) is 5.05. The van der Waals surface area contributed by atoms with Crippen molar-refractivity contribution in [2.24, 2.45) is 5.73 Å². The number of carbonyl (C=O) groups excluding carboxylic acids is 2. The summed E-state index contributed by atoms with van der Waals surface area (Å²) < 4.78 is 10.8. The summed E-state index contributed by atoms with van der Waals surface area (Å²) in [5.74, 6) is -0.578. The van der Waals surface area contributed by atoms with Gasteiger partial charge in [-0.25, -0.2) is 14.5 Å². The number of halogens is 1. The second-order valence-electron chi connectivity index (χ2n) is 6.57. The van der Waals surface area contributed by atoms with Crippen LogP contribution in [-0.2, 0) is 29.2 Å². The molecule has 0 aliphatic carbocycles. The van der Waals surface area contributed by atoms with Crippen LogP contribution >= 0.6 is 15.9 Å². The third-order valence-electron chi connectivity index (χ3n) is 4.42. The molecule has 0 aliphatic rings. The molecule has 3 aromatic rings. The Kier molecular flexibility index (Phi) is 6.53. The lowest BCUT2D eigenvalue weighted by Gasteiger charge is -2.19. The van der Waals surface area contributed by atoms with Crippen LogP contribution in [0.5, 0.6) is 5.75 Å². The molecule has 8 nitrogen and oxygen atoms in total. The normalized spacial score (nSPS) is 10.8. The molecule has 3 N–H and O–H groups in total. The van der Waals surface area contributed by atoms with Gasteiger partial charge >= 0.3 is 11.7 Å². The number of nitrogens with two attached hydrogens (primary N) is 1. The molecular formula is C21H19BrN2O6. The number of imide groups is 1. The summed E-state index contributed by atoms with van der Waals surface area (Å²) in [5.41, 5.74) is 7.11. The zero-order valence-electron chi connectivity index (χ0n) is 16.1. The van der Waals surface area contributed by atoms with Crippen LogP contribution in [0, 0.1) is 0 Å². The molecule has 9 heteroatoms. The minimum atomic E-state index is -0.847. The van der Waals surface area contributed by atoms with Crippen molar-refractivity contribution >= 4 is 38.9 Å². The largest absolute Gasteiger partial charge is 0.507 e. The molecule has 2 amide bonds. The van der Waals surface area contributed by atoms with Crippen molar-refractivity contribution < 1.29 is 23.8 Å². The van der Waals surface area contributed by atoms with E-state index in [-0.39, 0.29) is 24.5 Å². The van der Waals surface area contributed by atoms with Gasteiger partial charge in [0.2, 0.25) is 5.91 Å². The molecule has 0 saturated carbocycles. The average Bonchev–Trinajstić information content (AvgIpc) is 2.71. The first-order valence-corrected chi connectivity index (χ1v) is 9.75. The first-order valence-electron chi connectivity index (χ1n) is 8.96. The number of phenolic OH excluding ortho intramolecular Hbond substituents is 1. The summed E-state index contributed by atoms with van der Waals surface area (Å²) >= 11 is 3.20. The van der Waals surface area contributed by atoms with Gasteiger partial charge in [-0.2, -0.15) is 0 Å². The predicted octanol–water partition coefficient (Wildman–Crippen LogP) is 3.41. The minimum Gasteiger partial charge on any atom is -0.507 e. The molecule has 0 aliphatic heterocycles. The Balaban J connectivity index is 1.81. The molecule has 0 radical (unpaired) electrons. The number of phenols is 1. The van der Waals surface area contributed by atoms with Gasteiger partial charge in [0, 0.05) is 36.6 Å². The van der Waals surface area contributed by atoms with Crippen molar-refractivity contribution in [3.8, 4) is 5.75 Å². The maximum absolute atomic E-state index is 12.6. The fourth-order valence-electron chi connectivity index (χ4n) is 2.91. The topological polar surface area (TPSA) is 123 Å². The molecule has 156 valence electrons. The number of benzene rings is 2. The lowest BCUT2D eigenvalue weighted by atomic mass is 10.1. The van der Waals surface area contributed by atoms with Crippen LogP contribution in [-0.4, -0.2) is 22.0 Å². The highest BCUT2D eigenvalue weighted by Crippen LogP contribution is 2.30. The van der Waals surface area contributed by atoms with Crippen molar-refractivity contribution in [3.63, 3.8) is 0 Å². The van der Waals surface area contributed by atoms with Gasteiger partial charge in [0.1, 0.15) is 17.9 Å². The first-order chi connectivity index (χ1) is 14.3. The Hall–Kier alpha value is -3.17. The molecule has 0 bridgehead atoms. The quantitative estimate of drug-likeness (QED) is 0.543. The lowest BCUT2D eigenvalue weighted by molar-refractivity contribution is -0.127. The Morgan fingerprint density at radius 3 is 2.63 bits per heavy atom. The summed E-state index contributed by atoms with van der Waals surface area (Å²) in [6.45, 7) is 1.37. The number of carbonyl (C=O) groups is 2. The highest BCUT2D eigenvalue weighted by molar-refractivity contribution is 9.10. The molecule has 0 unspecified atom stereocenters. The van der Waals surface area contributed by atoms with E-state index in [0.717, 1.165) is 16.0 Å². The number of fused-ring (bicyclic) bond motifs is 1. The molecule has 0 saturated heterocycles. The second-order valence-corrected chi connectivity index (χ2v) is 7.43. The van der Waals surface area contributed by atoms with Crippen LogP contribution in [0.3, 0.4) is 0 Å². The van der Waals surface area contributed by atoms with Crippen molar-refractivity contribution in [2.45, 2.75) is 26.6 Å². The van der Waals surface area contributed by atoms with E-state index in [0.29, 0.717) is 22.0 Å². The Labute approximate surface area is 180 Å². The Morgan fingerprint density at radius 1 is 1.20 bits per heavy atom. The molecule has 0 spiro atoms. The van der Waals surface area contributed by atoms with Gasteiger partial charge in [-0.05, 0) is 33.1 Å². The third kappa shape index (κ3) is 4.87. The molecule has 2 aromatic carbocycles. The maximum atomic E-state index is 12.6. The molecular weight excluding hydrogens is 456 g/mol. The standard InChI is InChI=1S/C21H19BrN2O6/c1-12(25)24(10-14-4-2-3-13(5-14)9-23)21(28)29-11-15-6-20(27)30-19-8-18(26)17(22)7-16(15)19/h2-8,26H,9-11,23H2,1H3. The van der Waals surface area contributed by atoms with Crippen molar-refractivity contribution in [3.05, 3.63) is 74.0 Å². The summed E-state index contributed by atoms with van der Waals surface area (Å²) in [4.78, 5) is 37.3. The molecule has 0 fully saturated rings. The highest BCUT2D eigenvalue weighted by Gasteiger charge is 2.21. The molecule has 3 rings (SSSR count). The Bertz CT molecular complexity index is 1170. The van der Waals surface area contributed by atoms with Crippen LogP contribution in [0.1, 0.15) is 23.6 Å². The number of hydrogen-bond donors (Lipinski definition) is 2. The highest BCUT2D eigenvalue weighted by atomic mass is 79.9. The van der Waals surface area contributed by atoms with E-state index in [4.69, 9.17) is 14.9 Å². The number of amides is 2. The van der Waals surface area contributed by atoms with Crippen molar-refractivity contribution in [2.75, 3.05) is 0 Å². The maximum Gasteiger partial charge on any atom is 0.417 e. The fraction of sp³-hybridized carbons (Fsp3) is 0.190. The smallest absolute Gasteiger partial charge is 0.417 e. The van der Waals surface area contributed by atoms with Crippen LogP contribution in [0.25, 0.3) is 11.0 Å². The number of nitrogens with zero attached hydrogens (tertiary/aromatic N) is 1. The lowest BCUT2D eigenvalue weighted by Crippen LogP contribution is -2.35. The Morgan fingerprint density at radius 2 is 1.93 bits per heavy atom. The van der Waals surface area contributed by atoms with Gasteiger partial charge in [-0.1, -0.05) is 24.3 Å². The van der Waals surface area contributed by atoms with Crippen LogP contribution in [0.2, 0.25) is 0 Å². The monoisotopic (exact) mass is 474 g/mol. The van der Waals surface area contributed by atoms with Crippen LogP contribution in [0.4, 0.5) is 4.79 Å². The summed E-state index contributed by atoms with van der Waals surface area (Å²) in [7, 11) is 0. The van der Waals surface area contributed by atoms with Gasteiger partial charge in [0.15, 0.2) is 0 Å². The number of ether oxygens (including phenoxy) is 1. The SMILES string of the molecule is CC(=O)N(Cc1cccc(CN)c1)C(=O)OCc1cc(=O)oc2cc(O)c(Br)cc12. The summed E-state index contributed by atoms with van der Waals surface area (Å²) in [6.07, 6.45) is -0.847. The summed E-state index contributed by atoms with van der Waals surface area (Å²) in [6, 6.07) is 11.3. The van der Waals surface area contributed by atoms with Gasteiger partial charge in [0.25, 0.3) is 0 Å². The average molecular weight is 475 g/mol. The zero-order chi connectivity index (χ0) is 21.8. The first kappa shape index (κ1) is 21.5.